The van der Waals surface area contributed by atoms with Gasteiger partial charge in [-0.3, -0.25) is 0 Å². The fourth-order valence-corrected chi connectivity index (χ4v) is 9.05. The van der Waals surface area contributed by atoms with Crippen molar-refractivity contribution in [2.24, 2.45) is 0 Å². The van der Waals surface area contributed by atoms with Gasteiger partial charge in [0.05, 0.1) is 0 Å². The summed E-state index contributed by atoms with van der Waals surface area (Å²) in [6, 6.07) is 4.57. The third-order valence-corrected chi connectivity index (χ3v) is 10.0. The fraction of sp³-hybridized carbons (Fsp3) is 1.00. The monoisotopic (exact) mass is 242 g/mol. The molecule has 1 fully saturated rings. The second kappa shape index (κ2) is 7.46. The van der Waals surface area contributed by atoms with Crippen LogP contribution < -0.4 is 5.32 Å². The standard InChI is InChI=1S/C13H30N2Si/c1-4-11-16(12-5-2,13-6-3)15-9-7-14-8-10-15/h14H,4-13H2,1-3H3. The lowest BCUT2D eigenvalue weighted by Gasteiger charge is -2.45. The molecule has 1 aliphatic rings. The van der Waals surface area contributed by atoms with Gasteiger partial charge in [0.25, 0.3) is 0 Å². The molecule has 0 atom stereocenters. The van der Waals surface area contributed by atoms with Crippen molar-refractivity contribution in [1.29, 1.82) is 0 Å². The first-order valence-electron chi connectivity index (χ1n) is 7.25. The van der Waals surface area contributed by atoms with Crippen molar-refractivity contribution in [3.05, 3.63) is 0 Å². The van der Waals surface area contributed by atoms with E-state index in [0.29, 0.717) is 0 Å². The van der Waals surface area contributed by atoms with Crippen LogP contribution in [-0.4, -0.2) is 39.0 Å². The van der Waals surface area contributed by atoms with Crippen LogP contribution in [0.1, 0.15) is 40.0 Å². The summed E-state index contributed by atoms with van der Waals surface area (Å²) in [4.78, 5) is 0. The zero-order valence-corrected chi connectivity index (χ0v) is 12.5. The largest absolute Gasteiger partial charge is 0.321 e. The molecule has 2 nitrogen and oxygen atoms in total. The van der Waals surface area contributed by atoms with Gasteiger partial charge in [-0.05, 0) is 18.1 Å². The SMILES string of the molecule is CCC[Si](CCC)(CCC)N1CCNCC1. The number of hydrogen-bond donors (Lipinski definition) is 1. The van der Waals surface area contributed by atoms with Gasteiger partial charge in [0.15, 0.2) is 0 Å². The Morgan fingerprint density at radius 3 is 1.69 bits per heavy atom. The molecular weight excluding hydrogens is 212 g/mol. The molecule has 3 heteroatoms. The zero-order chi connectivity index (χ0) is 11.9. The van der Waals surface area contributed by atoms with Crippen LogP contribution in [0.2, 0.25) is 18.1 Å². The third-order valence-electron chi connectivity index (χ3n) is 3.93. The first-order chi connectivity index (χ1) is 7.79. The normalized spacial score (nSPS) is 18.9. The molecule has 1 aliphatic heterocycles. The Bertz CT molecular complexity index is 162. The maximum absolute atomic E-state index is 3.49. The Morgan fingerprint density at radius 2 is 1.31 bits per heavy atom. The van der Waals surface area contributed by atoms with Crippen molar-refractivity contribution < 1.29 is 0 Å². The highest BCUT2D eigenvalue weighted by Gasteiger charge is 2.37. The van der Waals surface area contributed by atoms with Gasteiger partial charge in [0, 0.05) is 26.2 Å². The van der Waals surface area contributed by atoms with Crippen molar-refractivity contribution in [3.63, 3.8) is 0 Å². The average Bonchev–Trinajstić information content (AvgIpc) is 2.31. The molecule has 96 valence electrons. The summed E-state index contributed by atoms with van der Waals surface area (Å²) >= 11 is 0. The van der Waals surface area contributed by atoms with Crippen LogP contribution in [0.5, 0.6) is 0 Å². The predicted octanol–water partition coefficient (Wildman–Crippen LogP) is 3.07. The highest BCUT2D eigenvalue weighted by atomic mass is 28.3. The van der Waals surface area contributed by atoms with E-state index in [-0.39, 0.29) is 0 Å². The van der Waals surface area contributed by atoms with E-state index in [1.54, 1.807) is 0 Å². The Balaban J connectivity index is 2.70. The van der Waals surface area contributed by atoms with Gasteiger partial charge < -0.3 is 9.88 Å². The lowest BCUT2D eigenvalue weighted by atomic mass is 10.4. The van der Waals surface area contributed by atoms with Crippen molar-refractivity contribution in [2.45, 2.75) is 58.2 Å². The van der Waals surface area contributed by atoms with Crippen LogP contribution >= 0.6 is 0 Å². The summed E-state index contributed by atoms with van der Waals surface area (Å²) < 4.78 is 2.92. The smallest absolute Gasteiger partial charge is 0.128 e. The minimum atomic E-state index is -1.10. The van der Waals surface area contributed by atoms with Crippen molar-refractivity contribution in [3.8, 4) is 0 Å². The lowest BCUT2D eigenvalue weighted by Crippen LogP contribution is -2.59. The highest BCUT2D eigenvalue weighted by Crippen LogP contribution is 2.30. The zero-order valence-electron chi connectivity index (χ0n) is 11.5. The Kier molecular flexibility index (Phi) is 6.62. The summed E-state index contributed by atoms with van der Waals surface area (Å²) in [6.45, 7) is 12.2. The van der Waals surface area contributed by atoms with Gasteiger partial charge in [0.1, 0.15) is 8.24 Å². The second-order valence-corrected chi connectivity index (χ2v) is 9.79. The third kappa shape index (κ3) is 3.57. The molecule has 0 bridgehead atoms. The maximum atomic E-state index is 3.49. The molecule has 0 radical (unpaired) electrons. The molecule has 16 heavy (non-hydrogen) atoms. The van der Waals surface area contributed by atoms with Crippen molar-refractivity contribution >= 4 is 8.24 Å². The van der Waals surface area contributed by atoms with Crippen LogP contribution in [0.4, 0.5) is 0 Å². The molecule has 0 aromatic rings. The molecule has 0 aromatic carbocycles. The molecule has 0 saturated carbocycles. The fourth-order valence-electron chi connectivity index (χ4n) is 3.38. The Labute approximate surface area is 103 Å². The molecule has 0 spiro atoms. The van der Waals surface area contributed by atoms with Gasteiger partial charge in [-0.15, -0.1) is 0 Å². The van der Waals surface area contributed by atoms with Crippen molar-refractivity contribution in [2.75, 3.05) is 26.2 Å². The van der Waals surface area contributed by atoms with Gasteiger partial charge in [-0.1, -0.05) is 40.0 Å². The van der Waals surface area contributed by atoms with E-state index in [2.05, 4.69) is 30.7 Å². The second-order valence-electron chi connectivity index (χ2n) is 5.21. The van der Waals surface area contributed by atoms with E-state index in [0.717, 1.165) is 0 Å². The van der Waals surface area contributed by atoms with Crippen LogP contribution in [0.15, 0.2) is 0 Å². The number of hydrogen-bond acceptors (Lipinski definition) is 2. The van der Waals surface area contributed by atoms with Gasteiger partial charge in [-0.2, -0.15) is 0 Å². The first kappa shape index (κ1) is 14.2. The average molecular weight is 242 g/mol. The lowest BCUT2D eigenvalue weighted by molar-refractivity contribution is 0.350. The van der Waals surface area contributed by atoms with E-state index in [9.17, 15) is 0 Å². The number of piperazine rings is 1. The highest BCUT2D eigenvalue weighted by molar-refractivity contribution is 6.77. The van der Waals surface area contributed by atoms with Crippen LogP contribution in [0, 0.1) is 0 Å². The quantitative estimate of drug-likeness (QED) is 0.690. The van der Waals surface area contributed by atoms with Crippen LogP contribution in [0.3, 0.4) is 0 Å². The number of rotatable bonds is 7. The molecule has 1 saturated heterocycles. The summed E-state index contributed by atoms with van der Waals surface area (Å²) in [5, 5.41) is 3.49. The van der Waals surface area contributed by atoms with E-state index >= 15 is 0 Å². The van der Waals surface area contributed by atoms with Gasteiger partial charge in [-0.25, -0.2) is 0 Å². The Hall–Kier alpha value is 0.137. The number of nitrogens with zero attached hydrogens (tertiary/aromatic N) is 1. The summed E-state index contributed by atoms with van der Waals surface area (Å²) in [5.41, 5.74) is 0. The topological polar surface area (TPSA) is 15.3 Å². The van der Waals surface area contributed by atoms with E-state index in [4.69, 9.17) is 0 Å². The van der Waals surface area contributed by atoms with Gasteiger partial charge in [0.2, 0.25) is 0 Å². The predicted molar refractivity (Wildman–Crippen MR) is 75.5 cm³/mol. The minimum Gasteiger partial charge on any atom is -0.321 e. The van der Waals surface area contributed by atoms with E-state index < -0.39 is 8.24 Å². The molecule has 0 aliphatic carbocycles. The summed E-state index contributed by atoms with van der Waals surface area (Å²) in [6.07, 6.45) is 4.16. The molecular formula is C13H30N2Si. The summed E-state index contributed by atoms with van der Waals surface area (Å²) in [7, 11) is -1.10. The van der Waals surface area contributed by atoms with Gasteiger partial charge >= 0.3 is 0 Å². The molecule has 1 heterocycles. The maximum Gasteiger partial charge on any atom is 0.128 e. The van der Waals surface area contributed by atoms with Crippen LogP contribution in [-0.2, 0) is 0 Å². The Morgan fingerprint density at radius 1 is 0.875 bits per heavy atom. The van der Waals surface area contributed by atoms with E-state index in [1.807, 2.05) is 0 Å². The number of nitrogens with one attached hydrogen (secondary N) is 1. The minimum absolute atomic E-state index is 1.10. The molecule has 1 rings (SSSR count). The first-order valence-corrected chi connectivity index (χ1v) is 9.81. The van der Waals surface area contributed by atoms with Crippen molar-refractivity contribution in [1.82, 2.24) is 9.88 Å². The summed E-state index contributed by atoms with van der Waals surface area (Å²) in [5.74, 6) is 0. The van der Waals surface area contributed by atoms with E-state index in [1.165, 1.54) is 63.6 Å². The molecule has 0 unspecified atom stereocenters. The van der Waals surface area contributed by atoms with Crippen LogP contribution in [0.25, 0.3) is 0 Å². The molecule has 1 N–H and O–H groups in total. The molecule has 0 aromatic heterocycles. The molecule has 0 amide bonds.